The van der Waals surface area contributed by atoms with Gasteiger partial charge in [0, 0.05) is 31.6 Å². The van der Waals surface area contributed by atoms with Crippen molar-refractivity contribution >= 4 is 12.0 Å². The van der Waals surface area contributed by atoms with Gasteiger partial charge in [-0.1, -0.05) is 6.07 Å². The van der Waals surface area contributed by atoms with Crippen LogP contribution in [0.4, 0.5) is 0 Å². The maximum Gasteiger partial charge on any atom is 0.246 e. The second kappa shape index (κ2) is 6.85. The summed E-state index contributed by atoms with van der Waals surface area (Å²) in [6, 6.07) is 3.78. The highest BCUT2D eigenvalue weighted by Crippen LogP contribution is 2.26. The van der Waals surface area contributed by atoms with Crippen molar-refractivity contribution in [2.24, 2.45) is 5.92 Å². The molecule has 4 heteroatoms. The van der Waals surface area contributed by atoms with E-state index in [0.29, 0.717) is 5.92 Å². The lowest BCUT2D eigenvalue weighted by molar-refractivity contribution is -0.127. The van der Waals surface area contributed by atoms with E-state index in [-0.39, 0.29) is 5.91 Å². The van der Waals surface area contributed by atoms with Gasteiger partial charge in [-0.2, -0.15) is 0 Å². The van der Waals surface area contributed by atoms with E-state index in [1.165, 1.54) is 0 Å². The van der Waals surface area contributed by atoms with Crippen molar-refractivity contribution in [2.75, 3.05) is 13.1 Å². The van der Waals surface area contributed by atoms with Gasteiger partial charge in [-0.25, -0.2) is 0 Å². The number of aromatic nitrogens is 1. The number of aliphatic hydroxyl groups is 1. The number of hydrogen-bond acceptors (Lipinski definition) is 3. The molecule has 1 saturated heterocycles. The number of nitrogens with zero attached hydrogens (tertiary/aromatic N) is 2. The topological polar surface area (TPSA) is 53.4 Å². The fourth-order valence-corrected chi connectivity index (χ4v) is 2.81. The summed E-state index contributed by atoms with van der Waals surface area (Å²) in [6.07, 6.45) is 9.62. The van der Waals surface area contributed by atoms with E-state index in [9.17, 15) is 9.90 Å². The smallest absolute Gasteiger partial charge is 0.246 e. The highest BCUT2D eigenvalue weighted by Gasteiger charge is 2.26. The number of rotatable bonds is 4. The summed E-state index contributed by atoms with van der Waals surface area (Å²) in [4.78, 5) is 18.0. The van der Waals surface area contributed by atoms with E-state index in [1.807, 2.05) is 30.9 Å². The van der Waals surface area contributed by atoms with Crippen molar-refractivity contribution in [3.63, 3.8) is 0 Å². The van der Waals surface area contributed by atoms with Crippen molar-refractivity contribution in [2.45, 2.75) is 38.7 Å². The fourth-order valence-electron chi connectivity index (χ4n) is 2.81. The van der Waals surface area contributed by atoms with Gasteiger partial charge < -0.3 is 10.0 Å². The molecule has 0 aromatic carbocycles. The predicted octanol–water partition coefficient (Wildman–Crippen LogP) is 2.49. The van der Waals surface area contributed by atoms with Gasteiger partial charge in [-0.05, 0) is 56.7 Å². The lowest BCUT2D eigenvalue weighted by Gasteiger charge is -2.34. The van der Waals surface area contributed by atoms with Gasteiger partial charge in [-0.15, -0.1) is 0 Å². The van der Waals surface area contributed by atoms with Crippen molar-refractivity contribution in [1.82, 2.24) is 9.88 Å². The molecule has 1 aromatic rings. The molecule has 1 N–H and O–H groups in total. The summed E-state index contributed by atoms with van der Waals surface area (Å²) < 4.78 is 0. The van der Waals surface area contributed by atoms with Crippen molar-refractivity contribution in [1.29, 1.82) is 0 Å². The highest BCUT2D eigenvalue weighted by molar-refractivity contribution is 5.91. The lowest BCUT2D eigenvalue weighted by atomic mass is 9.86. The van der Waals surface area contributed by atoms with Crippen molar-refractivity contribution in [3.8, 4) is 0 Å². The van der Waals surface area contributed by atoms with Crippen LogP contribution in [-0.2, 0) is 4.79 Å². The Kier molecular flexibility index (Phi) is 5.12. The predicted molar refractivity (Wildman–Crippen MR) is 83.5 cm³/mol. The van der Waals surface area contributed by atoms with Crippen LogP contribution in [0.1, 0.15) is 38.7 Å². The highest BCUT2D eigenvalue weighted by atomic mass is 16.3. The van der Waals surface area contributed by atoms with E-state index in [0.717, 1.165) is 37.9 Å². The summed E-state index contributed by atoms with van der Waals surface area (Å²) in [6.45, 7) is 5.25. The van der Waals surface area contributed by atoms with E-state index < -0.39 is 5.60 Å². The molecule has 1 aliphatic heterocycles. The molecule has 0 aliphatic carbocycles. The number of likely N-dealkylation sites (tertiary alicyclic amines) is 1. The van der Waals surface area contributed by atoms with E-state index in [1.54, 1.807) is 24.5 Å². The monoisotopic (exact) mass is 288 g/mol. The van der Waals surface area contributed by atoms with Crippen LogP contribution in [0.3, 0.4) is 0 Å². The Morgan fingerprint density at radius 3 is 2.76 bits per heavy atom. The minimum absolute atomic E-state index is 0.0561. The van der Waals surface area contributed by atoms with Gasteiger partial charge in [0.15, 0.2) is 0 Å². The number of amides is 1. The Morgan fingerprint density at radius 1 is 1.48 bits per heavy atom. The summed E-state index contributed by atoms with van der Waals surface area (Å²) in [5, 5.41) is 9.86. The third kappa shape index (κ3) is 5.31. The molecular weight excluding hydrogens is 264 g/mol. The molecular formula is C17H24N2O2. The first-order valence-electron chi connectivity index (χ1n) is 7.53. The SMILES string of the molecule is CC(C)(O)CC1CCN(C(=O)/C=C/c2cccnc2)CC1. The lowest BCUT2D eigenvalue weighted by Crippen LogP contribution is -2.39. The van der Waals surface area contributed by atoms with Crippen molar-refractivity contribution < 1.29 is 9.90 Å². The molecule has 0 atom stereocenters. The molecule has 0 spiro atoms. The molecule has 0 bridgehead atoms. The second-order valence-electron chi connectivity index (χ2n) is 6.40. The van der Waals surface area contributed by atoms with E-state index >= 15 is 0 Å². The minimum Gasteiger partial charge on any atom is -0.390 e. The second-order valence-corrected chi connectivity index (χ2v) is 6.40. The third-order valence-electron chi connectivity index (χ3n) is 3.82. The van der Waals surface area contributed by atoms with E-state index in [2.05, 4.69) is 4.98 Å². The Labute approximate surface area is 126 Å². The number of carbonyl (C=O) groups is 1. The number of pyridine rings is 1. The summed E-state index contributed by atoms with van der Waals surface area (Å²) in [7, 11) is 0. The summed E-state index contributed by atoms with van der Waals surface area (Å²) in [5.41, 5.74) is 0.319. The van der Waals surface area contributed by atoms with Crippen LogP contribution in [0, 0.1) is 5.92 Å². The van der Waals surface area contributed by atoms with Gasteiger partial charge in [0.05, 0.1) is 5.60 Å². The van der Waals surface area contributed by atoms with Crippen LogP contribution in [0.15, 0.2) is 30.6 Å². The van der Waals surface area contributed by atoms with Crippen LogP contribution < -0.4 is 0 Å². The zero-order valence-electron chi connectivity index (χ0n) is 12.8. The average Bonchev–Trinajstić information content (AvgIpc) is 2.45. The molecule has 1 fully saturated rings. The third-order valence-corrected chi connectivity index (χ3v) is 3.82. The first-order valence-corrected chi connectivity index (χ1v) is 7.53. The van der Waals surface area contributed by atoms with Crippen LogP contribution in [0.2, 0.25) is 0 Å². The first-order chi connectivity index (χ1) is 9.94. The van der Waals surface area contributed by atoms with Crippen LogP contribution in [-0.4, -0.2) is 39.6 Å². The number of hydrogen-bond donors (Lipinski definition) is 1. The normalized spacial score (nSPS) is 17.4. The molecule has 1 aliphatic rings. The van der Waals surface area contributed by atoms with Crippen molar-refractivity contribution in [3.05, 3.63) is 36.2 Å². The Balaban J connectivity index is 1.82. The Morgan fingerprint density at radius 2 is 2.19 bits per heavy atom. The Bertz CT molecular complexity index is 483. The van der Waals surface area contributed by atoms with Gasteiger partial charge in [0.2, 0.25) is 5.91 Å². The molecule has 2 rings (SSSR count). The molecule has 0 unspecified atom stereocenters. The van der Waals surface area contributed by atoms with Gasteiger partial charge in [-0.3, -0.25) is 9.78 Å². The zero-order valence-corrected chi connectivity index (χ0v) is 12.8. The summed E-state index contributed by atoms with van der Waals surface area (Å²) in [5.74, 6) is 0.567. The van der Waals surface area contributed by atoms with Crippen LogP contribution in [0.25, 0.3) is 6.08 Å². The number of carbonyl (C=O) groups excluding carboxylic acids is 1. The molecule has 0 saturated carbocycles. The van der Waals surface area contributed by atoms with Crippen LogP contribution in [0.5, 0.6) is 0 Å². The minimum atomic E-state index is -0.614. The fraction of sp³-hybridized carbons (Fsp3) is 0.529. The molecule has 114 valence electrons. The van der Waals surface area contributed by atoms with E-state index in [4.69, 9.17) is 0 Å². The Hall–Kier alpha value is -1.68. The molecule has 21 heavy (non-hydrogen) atoms. The largest absolute Gasteiger partial charge is 0.390 e. The molecule has 1 amide bonds. The van der Waals surface area contributed by atoms with Gasteiger partial charge in [0.1, 0.15) is 0 Å². The maximum atomic E-state index is 12.1. The number of piperidine rings is 1. The maximum absolute atomic E-state index is 12.1. The van der Waals surface area contributed by atoms with Crippen LogP contribution >= 0.6 is 0 Å². The zero-order chi connectivity index (χ0) is 15.3. The quantitative estimate of drug-likeness (QED) is 0.866. The average molecular weight is 288 g/mol. The standard InChI is InChI=1S/C17H24N2O2/c1-17(2,21)12-14-7-10-19(11-8-14)16(20)6-5-15-4-3-9-18-13-15/h3-6,9,13-14,21H,7-8,10-12H2,1-2H3/b6-5+. The summed E-state index contributed by atoms with van der Waals surface area (Å²) >= 11 is 0. The first kappa shape index (κ1) is 15.7. The molecule has 4 nitrogen and oxygen atoms in total. The molecule has 0 radical (unpaired) electrons. The molecule has 2 heterocycles. The van der Waals surface area contributed by atoms with Gasteiger partial charge in [0.25, 0.3) is 0 Å². The van der Waals surface area contributed by atoms with Gasteiger partial charge >= 0.3 is 0 Å². The molecule has 1 aromatic heterocycles.